The second kappa shape index (κ2) is 5.92. The van der Waals surface area contributed by atoms with Gasteiger partial charge in [0.2, 0.25) is 0 Å². The highest BCUT2D eigenvalue weighted by Crippen LogP contribution is 2.44. The SMILES string of the molecule is Cn1cnc(S(=O)(=O)N2CCC3(CC2)OCCc2c3[nH]c3ccccc23)c1. The first-order chi connectivity index (χ1) is 13.0. The molecule has 8 heteroatoms. The van der Waals surface area contributed by atoms with Crippen molar-refractivity contribution >= 4 is 20.9 Å². The van der Waals surface area contributed by atoms with Gasteiger partial charge >= 0.3 is 0 Å². The van der Waals surface area contributed by atoms with Crippen LogP contribution in [-0.2, 0) is 33.8 Å². The summed E-state index contributed by atoms with van der Waals surface area (Å²) in [6.45, 7) is 1.52. The van der Waals surface area contributed by atoms with Crippen LogP contribution in [0.1, 0.15) is 24.1 Å². The van der Waals surface area contributed by atoms with Crippen molar-refractivity contribution < 1.29 is 13.2 Å². The molecule has 0 atom stereocenters. The van der Waals surface area contributed by atoms with Gasteiger partial charge in [0.1, 0.15) is 5.60 Å². The molecule has 0 aliphatic carbocycles. The van der Waals surface area contributed by atoms with Crippen molar-refractivity contribution in [1.29, 1.82) is 0 Å². The Labute approximate surface area is 158 Å². The Morgan fingerprint density at radius 1 is 1.22 bits per heavy atom. The van der Waals surface area contributed by atoms with Gasteiger partial charge in [-0.2, -0.15) is 4.31 Å². The Bertz CT molecular complexity index is 1110. The third kappa shape index (κ3) is 2.55. The standard InChI is InChI=1S/C19H22N4O3S/c1-22-12-17(20-13-22)27(24,25)23-9-7-19(8-10-23)18-15(6-11-26-19)14-4-2-3-5-16(14)21-18/h2-5,12-13,21H,6-11H2,1H3. The van der Waals surface area contributed by atoms with E-state index >= 15 is 0 Å². The minimum absolute atomic E-state index is 0.108. The van der Waals surface area contributed by atoms with Crippen molar-refractivity contribution in [3.05, 3.63) is 48.0 Å². The molecular weight excluding hydrogens is 364 g/mol. The molecule has 0 saturated carbocycles. The second-order valence-electron chi connectivity index (χ2n) is 7.40. The van der Waals surface area contributed by atoms with E-state index in [0.29, 0.717) is 32.5 Å². The fourth-order valence-electron chi connectivity index (χ4n) is 4.41. The largest absolute Gasteiger partial charge is 0.368 e. The lowest BCUT2D eigenvalue weighted by molar-refractivity contribution is -0.0915. The Morgan fingerprint density at radius 2 is 2.00 bits per heavy atom. The van der Waals surface area contributed by atoms with E-state index in [0.717, 1.165) is 17.6 Å². The molecule has 1 aromatic carbocycles. The molecule has 0 unspecified atom stereocenters. The smallest absolute Gasteiger partial charge is 0.262 e. The van der Waals surface area contributed by atoms with Gasteiger partial charge in [0, 0.05) is 37.2 Å². The van der Waals surface area contributed by atoms with Crippen LogP contribution in [0.25, 0.3) is 10.9 Å². The van der Waals surface area contributed by atoms with Crippen molar-refractivity contribution in [3.63, 3.8) is 0 Å². The lowest BCUT2D eigenvalue weighted by Crippen LogP contribution is -2.48. The number of piperidine rings is 1. The summed E-state index contributed by atoms with van der Waals surface area (Å²) in [7, 11) is -1.79. The minimum Gasteiger partial charge on any atom is -0.368 e. The molecule has 1 N–H and O–H groups in total. The highest BCUT2D eigenvalue weighted by Gasteiger charge is 2.45. The molecular formula is C19H22N4O3S. The van der Waals surface area contributed by atoms with Crippen LogP contribution < -0.4 is 0 Å². The number of aromatic nitrogens is 3. The molecule has 0 bridgehead atoms. The number of aromatic amines is 1. The molecule has 0 amide bonds. The first-order valence-electron chi connectivity index (χ1n) is 9.22. The van der Waals surface area contributed by atoms with Gasteiger partial charge in [-0.1, -0.05) is 18.2 Å². The van der Waals surface area contributed by atoms with E-state index in [-0.39, 0.29) is 5.03 Å². The molecule has 4 heterocycles. The Kier molecular flexibility index (Phi) is 3.72. The summed E-state index contributed by atoms with van der Waals surface area (Å²) in [5.41, 5.74) is 3.14. The van der Waals surface area contributed by atoms with Crippen LogP contribution >= 0.6 is 0 Å². The Hall–Kier alpha value is -2.16. The number of para-hydroxylation sites is 1. The number of sulfonamides is 1. The molecule has 1 fully saturated rings. The first kappa shape index (κ1) is 17.0. The van der Waals surface area contributed by atoms with Crippen molar-refractivity contribution in [1.82, 2.24) is 18.8 Å². The van der Waals surface area contributed by atoms with Crippen molar-refractivity contribution in [2.75, 3.05) is 19.7 Å². The zero-order valence-corrected chi connectivity index (χ0v) is 16.0. The Balaban J connectivity index is 1.46. The molecule has 7 nitrogen and oxygen atoms in total. The average molecular weight is 386 g/mol. The van der Waals surface area contributed by atoms with Crippen LogP contribution in [0.3, 0.4) is 0 Å². The quantitative estimate of drug-likeness (QED) is 0.732. The zero-order chi connectivity index (χ0) is 18.6. The number of hydrogen-bond acceptors (Lipinski definition) is 4. The predicted molar refractivity (Wildman–Crippen MR) is 101 cm³/mol. The van der Waals surface area contributed by atoms with Crippen LogP contribution in [0.2, 0.25) is 0 Å². The van der Waals surface area contributed by atoms with Gasteiger partial charge in [-0.05, 0) is 30.9 Å². The highest BCUT2D eigenvalue weighted by atomic mass is 32.2. The molecule has 142 valence electrons. The van der Waals surface area contributed by atoms with E-state index in [4.69, 9.17) is 4.74 Å². The van der Waals surface area contributed by atoms with Gasteiger partial charge in [0.25, 0.3) is 10.0 Å². The molecule has 0 radical (unpaired) electrons. The molecule has 1 saturated heterocycles. The number of ether oxygens (including phenoxy) is 1. The van der Waals surface area contributed by atoms with E-state index in [2.05, 4.69) is 28.2 Å². The monoisotopic (exact) mass is 386 g/mol. The van der Waals surface area contributed by atoms with Crippen LogP contribution in [0.4, 0.5) is 0 Å². The first-order valence-corrected chi connectivity index (χ1v) is 10.7. The van der Waals surface area contributed by atoms with E-state index in [9.17, 15) is 8.42 Å². The van der Waals surface area contributed by atoms with Gasteiger partial charge in [-0.15, -0.1) is 0 Å². The normalized spacial score (nSPS) is 20.2. The lowest BCUT2D eigenvalue weighted by Gasteiger charge is -2.43. The maximum atomic E-state index is 12.9. The number of fused-ring (bicyclic) bond motifs is 4. The highest BCUT2D eigenvalue weighted by molar-refractivity contribution is 7.89. The number of nitrogens with zero attached hydrogens (tertiary/aromatic N) is 3. The van der Waals surface area contributed by atoms with Gasteiger partial charge in [0.05, 0.1) is 18.6 Å². The van der Waals surface area contributed by atoms with Crippen LogP contribution in [0, 0.1) is 0 Å². The van der Waals surface area contributed by atoms with Crippen LogP contribution in [-0.4, -0.2) is 47.0 Å². The number of H-pyrrole nitrogens is 1. The second-order valence-corrected chi connectivity index (χ2v) is 9.28. The summed E-state index contributed by atoms with van der Waals surface area (Å²) in [6.07, 6.45) is 5.22. The van der Waals surface area contributed by atoms with Crippen LogP contribution in [0.15, 0.2) is 41.8 Å². The van der Waals surface area contributed by atoms with Crippen molar-refractivity contribution in [2.24, 2.45) is 7.05 Å². The molecule has 27 heavy (non-hydrogen) atoms. The summed E-state index contributed by atoms with van der Waals surface area (Å²) in [5.74, 6) is 0. The molecule has 2 aliphatic heterocycles. The van der Waals surface area contributed by atoms with E-state index in [1.54, 1.807) is 17.8 Å². The summed E-state index contributed by atoms with van der Waals surface area (Å²) in [4.78, 5) is 7.58. The van der Waals surface area contributed by atoms with Crippen molar-refractivity contribution in [3.8, 4) is 0 Å². The predicted octanol–water partition coefficient (Wildman–Crippen LogP) is 2.15. The summed E-state index contributed by atoms with van der Waals surface area (Å²) >= 11 is 0. The number of aryl methyl sites for hydroxylation is 1. The molecule has 2 aromatic heterocycles. The van der Waals surface area contributed by atoms with Crippen molar-refractivity contribution in [2.45, 2.75) is 29.9 Å². The number of nitrogens with one attached hydrogen (secondary N) is 1. The zero-order valence-electron chi connectivity index (χ0n) is 15.2. The summed E-state index contributed by atoms with van der Waals surface area (Å²) < 4.78 is 35.2. The van der Waals surface area contributed by atoms with Gasteiger partial charge in [0.15, 0.2) is 5.03 Å². The maximum Gasteiger partial charge on any atom is 0.262 e. The third-order valence-electron chi connectivity index (χ3n) is 5.82. The number of benzene rings is 1. The molecule has 1 spiro atoms. The molecule has 3 aromatic rings. The third-order valence-corrected chi connectivity index (χ3v) is 7.60. The van der Waals surface area contributed by atoms with Crippen LogP contribution in [0.5, 0.6) is 0 Å². The number of rotatable bonds is 2. The summed E-state index contributed by atoms with van der Waals surface area (Å²) in [5, 5.41) is 1.36. The fraction of sp³-hybridized carbons (Fsp3) is 0.421. The van der Waals surface area contributed by atoms with Gasteiger partial charge < -0.3 is 14.3 Å². The summed E-state index contributed by atoms with van der Waals surface area (Å²) in [6, 6.07) is 8.31. The van der Waals surface area contributed by atoms with Gasteiger partial charge in [-0.3, -0.25) is 0 Å². The van der Waals surface area contributed by atoms with E-state index in [1.807, 2.05) is 6.07 Å². The molecule has 2 aliphatic rings. The average Bonchev–Trinajstić information content (AvgIpc) is 3.28. The van der Waals surface area contributed by atoms with E-state index in [1.165, 1.54) is 21.6 Å². The molecule has 5 rings (SSSR count). The fourth-order valence-corrected chi connectivity index (χ4v) is 5.81. The van der Waals surface area contributed by atoms with E-state index < -0.39 is 15.6 Å². The number of imidazole rings is 1. The van der Waals surface area contributed by atoms with Gasteiger partial charge in [-0.25, -0.2) is 13.4 Å². The lowest BCUT2D eigenvalue weighted by atomic mass is 9.84. The topological polar surface area (TPSA) is 80.2 Å². The minimum atomic E-state index is -3.56. The number of hydrogen-bond donors (Lipinski definition) is 1. The Morgan fingerprint density at radius 3 is 2.74 bits per heavy atom. The maximum absolute atomic E-state index is 12.9.